The van der Waals surface area contributed by atoms with E-state index in [0.717, 1.165) is 21.7 Å². The quantitative estimate of drug-likeness (QED) is 0.292. The van der Waals surface area contributed by atoms with Gasteiger partial charge in [-0.3, -0.25) is 0 Å². The first kappa shape index (κ1) is 36.8. The zero-order valence-corrected chi connectivity index (χ0v) is 33.9. The fourth-order valence-electron chi connectivity index (χ4n) is 11.5. The number of fused-ring (bicyclic) bond motifs is 3. The molecule has 0 aromatic heterocycles. The van der Waals surface area contributed by atoms with Gasteiger partial charge in [-0.2, -0.15) is 0 Å². The molecule has 258 valence electrons. The second-order valence-corrected chi connectivity index (χ2v) is 24.8. The van der Waals surface area contributed by atoms with Crippen LogP contribution in [0.15, 0.2) is 0 Å². The zero-order valence-electron chi connectivity index (χ0n) is 33.9. The van der Waals surface area contributed by atoms with E-state index in [-0.39, 0.29) is 0 Å². The second kappa shape index (κ2) is 10.3. The molecule has 0 aromatic carbocycles. The van der Waals surface area contributed by atoms with Crippen LogP contribution in [0.1, 0.15) is 215 Å². The van der Waals surface area contributed by atoms with E-state index in [9.17, 15) is 0 Å². The van der Waals surface area contributed by atoms with Crippen molar-refractivity contribution in [3.8, 4) is 0 Å². The molecular weight excluding hydrogens is 528 g/mol. The highest BCUT2D eigenvalue weighted by Gasteiger charge is 2.74. The number of hydrogen-bond acceptors (Lipinski definition) is 0. The average molecular weight is 611 g/mol. The minimum atomic E-state index is 0.511. The normalized spacial score (nSPS) is 41.0. The van der Waals surface area contributed by atoms with Crippen molar-refractivity contribution in [2.45, 2.75) is 215 Å². The van der Waals surface area contributed by atoms with E-state index in [1.165, 1.54) is 89.9 Å². The highest BCUT2D eigenvalue weighted by Crippen LogP contribution is 2.83. The lowest BCUT2D eigenvalue weighted by molar-refractivity contribution is -0.302. The first-order valence-corrected chi connectivity index (χ1v) is 19.3. The van der Waals surface area contributed by atoms with Gasteiger partial charge in [0.15, 0.2) is 0 Å². The summed E-state index contributed by atoms with van der Waals surface area (Å²) in [6.45, 7) is 43.7. The Morgan fingerprint density at radius 2 is 0.545 bits per heavy atom. The van der Waals surface area contributed by atoms with Crippen molar-refractivity contribution in [1.29, 1.82) is 0 Å². The molecule has 0 aromatic rings. The van der Waals surface area contributed by atoms with Gasteiger partial charge in [0.25, 0.3) is 0 Å². The van der Waals surface area contributed by atoms with Gasteiger partial charge in [-0.05, 0) is 155 Å². The summed E-state index contributed by atoms with van der Waals surface area (Å²) in [5.74, 6) is 0. The van der Waals surface area contributed by atoms with Crippen LogP contribution in [0.25, 0.3) is 0 Å². The van der Waals surface area contributed by atoms with Gasteiger partial charge in [-0.1, -0.05) is 125 Å². The van der Waals surface area contributed by atoms with Crippen LogP contribution in [0.4, 0.5) is 0 Å². The van der Waals surface area contributed by atoms with Gasteiger partial charge >= 0.3 is 0 Å². The molecule has 0 aliphatic heterocycles. The van der Waals surface area contributed by atoms with Gasteiger partial charge in [-0.15, -0.1) is 0 Å². The summed E-state index contributed by atoms with van der Waals surface area (Å²) in [5.41, 5.74) is 7.50. The monoisotopic (exact) mass is 611 g/mol. The van der Waals surface area contributed by atoms with Crippen molar-refractivity contribution in [1.82, 2.24) is 0 Å². The molecule has 6 bridgehead atoms. The van der Waals surface area contributed by atoms with Gasteiger partial charge in [0.2, 0.25) is 0 Å². The summed E-state index contributed by atoms with van der Waals surface area (Å²) in [6, 6.07) is 0. The smallest absolute Gasteiger partial charge is 0.0232 e. The average Bonchev–Trinajstić information content (AvgIpc) is 2.66. The number of rotatable bonds is 2. The van der Waals surface area contributed by atoms with Crippen molar-refractivity contribution in [2.75, 3.05) is 0 Å². The minimum absolute atomic E-state index is 0.511. The maximum atomic E-state index is 2.46. The summed E-state index contributed by atoms with van der Waals surface area (Å²) in [7, 11) is 0. The van der Waals surface area contributed by atoms with Gasteiger partial charge in [-0.25, -0.2) is 0 Å². The third kappa shape index (κ3) is 5.94. The van der Waals surface area contributed by atoms with Crippen LogP contribution in [-0.2, 0) is 0 Å². The lowest BCUT2D eigenvalue weighted by Gasteiger charge is -2.80. The largest absolute Gasteiger partial charge is 0.0602 e. The Balaban J connectivity index is 0.000000151. The highest BCUT2D eigenvalue weighted by atomic mass is 14.8. The summed E-state index contributed by atoms with van der Waals surface area (Å²) >= 11 is 0. The maximum Gasteiger partial charge on any atom is -0.0232 e. The predicted octanol–water partition coefficient (Wildman–Crippen LogP) is 14.7. The Morgan fingerprint density at radius 3 is 0.750 bits per heavy atom. The summed E-state index contributed by atoms with van der Waals surface area (Å²) in [4.78, 5) is 0. The second-order valence-electron chi connectivity index (χ2n) is 24.8. The lowest BCUT2D eigenvalue weighted by atomic mass is 9.25. The molecule has 0 atom stereocenters. The predicted molar refractivity (Wildman–Crippen MR) is 196 cm³/mol. The lowest BCUT2D eigenvalue weighted by Crippen LogP contribution is -2.71. The maximum absolute atomic E-state index is 2.46. The molecule has 0 spiro atoms. The molecule has 44 heavy (non-hydrogen) atoms. The first-order chi connectivity index (χ1) is 19.3. The molecule has 0 heteroatoms. The Labute approximate surface area is 278 Å². The minimum Gasteiger partial charge on any atom is -0.0602 e. The molecule has 9 aliphatic rings. The molecule has 0 saturated heterocycles. The van der Waals surface area contributed by atoms with Gasteiger partial charge < -0.3 is 0 Å². The van der Waals surface area contributed by atoms with E-state index >= 15 is 0 Å². The Morgan fingerprint density at radius 1 is 0.318 bits per heavy atom. The van der Waals surface area contributed by atoms with Crippen LogP contribution in [0.2, 0.25) is 0 Å². The molecule has 0 amide bonds. The van der Waals surface area contributed by atoms with Gasteiger partial charge in [0.05, 0.1) is 0 Å². The topological polar surface area (TPSA) is 0 Å². The standard InChI is InChI=1S/C16H30.C15H28.C13H24/c1-13(2,3)15-7-10-16(11-8-15,12-9-15)14(4,5)6;1-12(2,3)7-8-14-9-15(10-14,11-14)13(4,5)6;1-10(2,3)12-7-13(8-12,9-12)11(4,5)6/h7-12H2,1-6H3;7-11H2,1-6H3;7-9H2,1-6H3. The Hall–Kier alpha value is 0. The third-order valence-corrected chi connectivity index (χ3v) is 16.8. The van der Waals surface area contributed by atoms with Crippen LogP contribution < -0.4 is 0 Å². The van der Waals surface area contributed by atoms with Crippen LogP contribution in [0.3, 0.4) is 0 Å². The van der Waals surface area contributed by atoms with E-state index in [0.29, 0.717) is 43.3 Å². The van der Waals surface area contributed by atoms with E-state index in [1.807, 2.05) is 0 Å². The van der Waals surface area contributed by atoms with Crippen molar-refractivity contribution in [2.24, 2.45) is 65.0 Å². The fraction of sp³-hybridized carbons (Fsp3) is 1.00. The molecule has 9 saturated carbocycles. The summed E-state index contributed by atoms with van der Waals surface area (Å²) in [5, 5.41) is 0. The van der Waals surface area contributed by atoms with Crippen molar-refractivity contribution < 1.29 is 0 Å². The summed E-state index contributed by atoms with van der Waals surface area (Å²) < 4.78 is 0. The summed E-state index contributed by atoms with van der Waals surface area (Å²) in [6.07, 6.45) is 20.8. The van der Waals surface area contributed by atoms with Crippen molar-refractivity contribution in [3.05, 3.63) is 0 Å². The molecule has 0 unspecified atom stereocenters. The van der Waals surface area contributed by atoms with Crippen molar-refractivity contribution >= 4 is 0 Å². The fourth-order valence-corrected chi connectivity index (χ4v) is 11.5. The first-order valence-electron chi connectivity index (χ1n) is 19.3. The SMILES string of the molecule is CC(C)(C)C12CC(C(C)(C)C)(C1)C2.CC(C)(C)C12CCC(C(C)(C)C)(CC1)CC2.CC(C)(C)CCC12CC(C(C)(C)C)(C1)C2. The molecular formula is C44H82. The third-order valence-electron chi connectivity index (χ3n) is 16.8. The van der Waals surface area contributed by atoms with Gasteiger partial charge in [0, 0.05) is 0 Å². The van der Waals surface area contributed by atoms with Crippen molar-refractivity contribution in [3.63, 3.8) is 0 Å². The van der Waals surface area contributed by atoms with Gasteiger partial charge in [0.1, 0.15) is 0 Å². The molecule has 0 N–H and O–H groups in total. The number of hydrogen-bond donors (Lipinski definition) is 0. The molecule has 9 rings (SSSR count). The Bertz CT molecular complexity index is 912. The van der Waals surface area contributed by atoms with E-state index in [4.69, 9.17) is 0 Å². The van der Waals surface area contributed by atoms with Crippen LogP contribution in [0.5, 0.6) is 0 Å². The van der Waals surface area contributed by atoms with E-state index < -0.39 is 0 Å². The van der Waals surface area contributed by atoms with Crippen LogP contribution >= 0.6 is 0 Å². The molecule has 9 fully saturated rings. The molecule has 0 heterocycles. The van der Waals surface area contributed by atoms with Crippen LogP contribution in [-0.4, -0.2) is 0 Å². The van der Waals surface area contributed by atoms with Crippen LogP contribution in [0, 0.1) is 65.0 Å². The zero-order chi connectivity index (χ0) is 33.9. The molecule has 0 radical (unpaired) electrons. The highest BCUT2D eigenvalue weighted by molar-refractivity contribution is 5.24. The molecule has 9 aliphatic carbocycles. The van der Waals surface area contributed by atoms with E-state index in [2.05, 4.69) is 125 Å². The van der Waals surface area contributed by atoms with E-state index in [1.54, 1.807) is 0 Å². The molecule has 0 nitrogen and oxygen atoms in total. The Kier molecular flexibility index (Phi) is 8.58.